The van der Waals surface area contributed by atoms with E-state index in [1.54, 1.807) is 7.11 Å². The smallest absolute Gasteiger partial charge is 0.143 e. The Bertz CT molecular complexity index is 363. The largest absolute Gasteiger partial charge is 0.495 e. The Hall–Kier alpha value is -0.700. The van der Waals surface area contributed by atoms with Crippen molar-refractivity contribution in [2.24, 2.45) is 5.92 Å². The molecule has 1 unspecified atom stereocenters. The number of hydrogen-bond acceptors (Lipinski definition) is 2. The van der Waals surface area contributed by atoms with E-state index in [2.05, 4.69) is 55.0 Å². The molecule has 0 spiro atoms. The lowest BCUT2D eigenvalue weighted by atomic mass is 10.1. The number of rotatable bonds is 4. The van der Waals surface area contributed by atoms with Crippen LogP contribution in [-0.2, 0) is 0 Å². The summed E-state index contributed by atoms with van der Waals surface area (Å²) in [5.74, 6) is 1.48. The fourth-order valence-electron chi connectivity index (χ4n) is 1.45. The van der Waals surface area contributed by atoms with Crippen LogP contribution in [-0.4, -0.2) is 13.2 Å². The van der Waals surface area contributed by atoms with E-state index in [1.807, 2.05) is 6.07 Å². The van der Waals surface area contributed by atoms with Crippen molar-refractivity contribution in [3.05, 3.63) is 22.2 Å². The van der Waals surface area contributed by atoms with Gasteiger partial charge in [0.25, 0.3) is 0 Å². The molecule has 1 rings (SSSR count). The lowest BCUT2D eigenvalue weighted by Crippen LogP contribution is -2.22. The summed E-state index contributed by atoms with van der Waals surface area (Å²) in [4.78, 5) is 0. The number of hydrogen-bond donors (Lipinski definition) is 1. The Balaban J connectivity index is 3.02. The Morgan fingerprint density at radius 1 is 1.25 bits per heavy atom. The molecule has 0 aliphatic rings. The summed E-state index contributed by atoms with van der Waals surface area (Å²) in [5.41, 5.74) is 2.28. The second-order valence-electron chi connectivity index (χ2n) is 4.48. The van der Waals surface area contributed by atoms with Gasteiger partial charge in [-0.3, -0.25) is 0 Å². The molecule has 0 aliphatic carbocycles. The minimum Gasteiger partial charge on any atom is -0.495 e. The third-order valence-corrected chi connectivity index (χ3v) is 3.31. The van der Waals surface area contributed by atoms with Crippen molar-refractivity contribution in [1.29, 1.82) is 0 Å². The van der Waals surface area contributed by atoms with Crippen LogP contribution in [0.15, 0.2) is 16.6 Å². The summed E-state index contributed by atoms with van der Waals surface area (Å²) in [5, 5.41) is 3.51. The molecule has 90 valence electrons. The minimum atomic E-state index is 0.425. The molecule has 0 saturated heterocycles. The first-order valence-corrected chi connectivity index (χ1v) is 6.35. The highest BCUT2D eigenvalue weighted by Gasteiger charge is 2.12. The van der Waals surface area contributed by atoms with E-state index < -0.39 is 0 Å². The van der Waals surface area contributed by atoms with Crippen molar-refractivity contribution in [2.75, 3.05) is 12.4 Å². The van der Waals surface area contributed by atoms with Crippen LogP contribution >= 0.6 is 15.9 Å². The zero-order valence-electron chi connectivity index (χ0n) is 10.6. The van der Waals surface area contributed by atoms with Gasteiger partial charge in [0.1, 0.15) is 5.75 Å². The quantitative estimate of drug-likeness (QED) is 0.894. The fraction of sp³-hybridized carbons (Fsp3) is 0.538. The molecule has 0 bridgehead atoms. The molecule has 0 amide bonds. The van der Waals surface area contributed by atoms with Gasteiger partial charge in [-0.05, 0) is 37.5 Å². The van der Waals surface area contributed by atoms with Crippen LogP contribution in [0.5, 0.6) is 5.75 Å². The van der Waals surface area contributed by atoms with Gasteiger partial charge in [-0.1, -0.05) is 29.8 Å². The van der Waals surface area contributed by atoms with Gasteiger partial charge in [0.2, 0.25) is 0 Å². The van der Waals surface area contributed by atoms with Crippen LogP contribution in [0.4, 0.5) is 5.69 Å². The standard InChI is InChI=1S/C13H20BrNO/c1-8(2)10(4)15-13-9(3)6-11(14)7-12(13)16-5/h6-8,10,15H,1-5H3. The summed E-state index contributed by atoms with van der Waals surface area (Å²) in [7, 11) is 1.70. The van der Waals surface area contributed by atoms with Crippen molar-refractivity contribution < 1.29 is 4.74 Å². The van der Waals surface area contributed by atoms with E-state index in [4.69, 9.17) is 4.74 Å². The average molecular weight is 286 g/mol. The molecule has 0 aromatic heterocycles. The number of halogens is 1. The van der Waals surface area contributed by atoms with Gasteiger partial charge in [0.15, 0.2) is 0 Å². The zero-order valence-corrected chi connectivity index (χ0v) is 12.2. The molecule has 0 radical (unpaired) electrons. The van der Waals surface area contributed by atoms with Crippen molar-refractivity contribution in [2.45, 2.75) is 33.7 Å². The number of nitrogens with one attached hydrogen (secondary N) is 1. The van der Waals surface area contributed by atoms with Gasteiger partial charge in [-0.15, -0.1) is 0 Å². The van der Waals surface area contributed by atoms with Gasteiger partial charge < -0.3 is 10.1 Å². The summed E-state index contributed by atoms with van der Waals surface area (Å²) in [6.07, 6.45) is 0. The normalized spacial score (nSPS) is 12.7. The van der Waals surface area contributed by atoms with Crippen LogP contribution < -0.4 is 10.1 Å². The summed E-state index contributed by atoms with van der Waals surface area (Å²) >= 11 is 3.48. The van der Waals surface area contributed by atoms with Gasteiger partial charge in [-0.25, -0.2) is 0 Å². The first kappa shape index (κ1) is 13.4. The Morgan fingerprint density at radius 2 is 1.88 bits per heavy atom. The highest BCUT2D eigenvalue weighted by Crippen LogP contribution is 2.33. The van der Waals surface area contributed by atoms with Crippen molar-refractivity contribution in [3.8, 4) is 5.75 Å². The molecule has 0 heterocycles. The SMILES string of the molecule is COc1cc(Br)cc(C)c1NC(C)C(C)C. The molecule has 1 aromatic rings. The Labute approximate surface area is 107 Å². The van der Waals surface area contributed by atoms with Crippen molar-refractivity contribution >= 4 is 21.6 Å². The van der Waals surface area contributed by atoms with Gasteiger partial charge in [0.05, 0.1) is 12.8 Å². The maximum Gasteiger partial charge on any atom is 0.143 e. The van der Waals surface area contributed by atoms with E-state index in [1.165, 1.54) is 5.56 Å². The highest BCUT2D eigenvalue weighted by molar-refractivity contribution is 9.10. The molecule has 1 atom stereocenters. The Kier molecular flexibility index (Phi) is 4.66. The second-order valence-corrected chi connectivity index (χ2v) is 5.39. The van der Waals surface area contributed by atoms with Crippen molar-refractivity contribution in [3.63, 3.8) is 0 Å². The predicted octanol–water partition coefficient (Wildman–Crippen LogP) is 4.22. The number of benzene rings is 1. The zero-order chi connectivity index (χ0) is 12.3. The fourth-order valence-corrected chi connectivity index (χ4v) is 2.00. The monoisotopic (exact) mass is 285 g/mol. The third-order valence-electron chi connectivity index (χ3n) is 2.86. The summed E-state index contributed by atoms with van der Waals surface area (Å²) in [6, 6.07) is 4.51. The van der Waals surface area contributed by atoms with E-state index in [9.17, 15) is 0 Å². The number of methoxy groups -OCH3 is 1. The molecule has 0 saturated carbocycles. The molecule has 1 N–H and O–H groups in total. The molecular weight excluding hydrogens is 266 g/mol. The van der Waals surface area contributed by atoms with E-state index in [0.29, 0.717) is 12.0 Å². The van der Waals surface area contributed by atoms with Crippen LogP contribution in [0, 0.1) is 12.8 Å². The maximum absolute atomic E-state index is 5.40. The van der Waals surface area contributed by atoms with Gasteiger partial charge >= 0.3 is 0 Å². The molecule has 0 fully saturated rings. The molecule has 2 nitrogen and oxygen atoms in total. The maximum atomic E-state index is 5.40. The molecule has 16 heavy (non-hydrogen) atoms. The summed E-state index contributed by atoms with van der Waals surface area (Å²) < 4.78 is 6.44. The molecule has 0 aliphatic heterocycles. The van der Waals surface area contributed by atoms with E-state index in [0.717, 1.165) is 15.9 Å². The first-order chi connectivity index (χ1) is 7.45. The predicted molar refractivity (Wildman–Crippen MR) is 73.4 cm³/mol. The number of anilines is 1. The van der Waals surface area contributed by atoms with Crippen LogP contribution in [0.25, 0.3) is 0 Å². The minimum absolute atomic E-state index is 0.425. The Morgan fingerprint density at radius 3 is 2.38 bits per heavy atom. The lowest BCUT2D eigenvalue weighted by molar-refractivity contribution is 0.414. The third kappa shape index (κ3) is 3.14. The van der Waals surface area contributed by atoms with Gasteiger partial charge in [-0.2, -0.15) is 0 Å². The van der Waals surface area contributed by atoms with Crippen LogP contribution in [0.3, 0.4) is 0 Å². The average Bonchev–Trinajstić information content (AvgIpc) is 2.21. The first-order valence-electron chi connectivity index (χ1n) is 5.56. The number of aryl methyl sites for hydroxylation is 1. The lowest BCUT2D eigenvalue weighted by Gasteiger charge is -2.22. The van der Waals surface area contributed by atoms with E-state index in [-0.39, 0.29) is 0 Å². The van der Waals surface area contributed by atoms with Crippen LogP contribution in [0.1, 0.15) is 26.3 Å². The highest BCUT2D eigenvalue weighted by atomic mass is 79.9. The van der Waals surface area contributed by atoms with Gasteiger partial charge in [0, 0.05) is 10.5 Å². The molecular formula is C13H20BrNO. The topological polar surface area (TPSA) is 21.3 Å². The van der Waals surface area contributed by atoms with Crippen LogP contribution in [0.2, 0.25) is 0 Å². The molecule has 3 heteroatoms. The van der Waals surface area contributed by atoms with E-state index >= 15 is 0 Å². The molecule has 1 aromatic carbocycles. The second kappa shape index (κ2) is 5.58. The summed E-state index contributed by atoms with van der Waals surface area (Å²) in [6.45, 7) is 8.69. The van der Waals surface area contributed by atoms with Crippen molar-refractivity contribution in [1.82, 2.24) is 0 Å². The number of ether oxygens (including phenoxy) is 1.